The standard InChI is InChI=1S/C15H13N/c1-3-8-14-12(4-2)11-15(16-14)13-9-6-5-7-10-13/h2-3,5-11,16H,1H3/b8-3-. The van der Waals surface area contributed by atoms with E-state index in [0.717, 1.165) is 22.5 Å². The molecular formula is C15H13N. The van der Waals surface area contributed by atoms with Crippen LogP contribution in [0, 0.1) is 12.3 Å². The van der Waals surface area contributed by atoms with Gasteiger partial charge in [0.15, 0.2) is 0 Å². The van der Waals surface area contributed by atoms with E-state index in [1.807, 2.05) is 43.3 Å². The maximum Gasteiger partial charge on any atom is 0.0540 e. The molecule has 1 aromatic heterocycles. The van der Waals surface area contributed by atoms with E-state index in [2.05, 4.69) is 23.0 Å². The van der Waals surface area contributed by atoms with Crippen LogP contribution < -0.4 is 0 Å². The molecule has 0 unspecified atom stereocenters. The van der Waals surface area contributed by atoms with Crippen molar-refractivity contribution >= 4 is 6.08 Å². The summed E-state index contributed by atoms with van der Waals surface area (Å²) in [6.07, 6.45) is 9.43. The molecule has 0 atom stereocenters. The molecule has 16 heavy (non-hydrogen) atoms. The van der Waals surface area contributed by atoms with Gasteiger partial charge in [-0.15, -0.1) is 6.42 Å². The Hall–Kier alpha value is -2.20. The molecule has 0 bridgehead atoms. The molecule has 1 nitrogen and oxygen atoms in total. The molecule has 0 radical (unpaired) electrons. The van der Waals surface area contributed by atoms with Gasteiger partial charge in [0.2, 0.25) is 0 Å². The average Bonchev–Trinajstić information content (AvgIpc) is 2.74. The lowest BCUT2D eigenvalue weighted by Gasteiger charge is -1.95. The van der Waals surface area contributed by atoms with E-state index in [4.69, 9.17) is 6.42 Å². The summed E-state index contributed by atoms with van der Waals surface area (Å²) in [7, 11) is 0. The van der Waals surface area contributed by atoms with Crippen molar-refractivity contribution in [2.24, 2.45) is 0 Å². The van der Waals surface area contributed by atoms with Crippen LogP contribution in [0.4, 0.5) is 0 Å². The highest BCUT2D eigenvalue weighted by Crippen LogP contribution is 2.22. The summed E-state index contributed by atoms with van der Waals surface area (Å²) >= 11 is 0. The van der Waals surface area contributed by atoms with Crippen molar-refractivity contribution < 1.29 is 0 Å². The maximum absolute atomic E-state index is 5.47. The number of hydrogen-bond donors (Lipinski definition) is 1. The molecule has 0 aliphatic carbocycles. The summed E-state index contributed by atoms with van der Waals surface area (Å²) in [6.45, 7) is 1.98. The van der Waals surface area contributed by atoms with Gasteiger partial charge in [-0.05, 0) is 24.6 Å². The zero-order chi connectivity index (χ0) is 11.4. The first-order chi connectivity index (χ1) is 7.85. The first-order valence-electron chi connectivity index (χ1n) is 5.23. The van der Waals surface area contributed by atoms with Crippen molar-refractivity contribution in [2.45, 2.75) is 6.92 Å². The second kappa shape index (κ2) is 4.55. The van der Waals surface area contributed by atoms with Crippen LogP contribution in [0.25, 0.3) is 17.3 Å². The topological polar surface area (TPSA) is 15.8 Å². The maximum atomic E-state index is 5.47. The van der Waals surface area contributed by atoms with Crippen molar-refractivity contribution in [2.75, 3.05) is 0 Å². The number of benzene rings is 1. The summed E-state index contributed by atoms with van der Waals surface area (Å²) in [6, 6.07) is 12.2. The number of aromatic amines is 1. The third-order valence-electron chi connectivity index (χ3n) is 2.42. The fourth-order valence-electron chi connectivity index (χ4n) is 1.66. The minimum Gasteiger partial charge on any atom is -0.354 e. The summed E-state index contributed by atoms with van der Waals surface area (Å²) in [5.74, 6) is 2.69. The second-order valence-electron chi connectivity index (χ2n) is 3.52. The number of nitrogens with one attached hydrogen (secondary N) is 1. The number of H-pyrrole nitrogens is 1. The number of allylic oxidation sites excluding steroid dienone is 1. The van der Waals surface area contributed by atoms with Crippen LogP contribution in [0.1, 0.15) is 18.2 Å². The normalized spacial score (nSPS) is 10.5. The molecule has 2 aromatic rings. The van der Waals surface area contributed by atoms with Gasteiger partial charge in [-0.3, -0.25) is 0 Å². The Morgan fingerprint density at radius 1 is 1.25 bits per heavy atom. The smallest absolute Gasteiger partial charge is 0.0540 e. The van der Waals surface area contributed by atoms with Gasteiger partial charge in [-0.25, -0.2) is 0 Å². The van der Waals surface area contributed by atoms with Crippen LogP contribution in [0.3, 0.4) is 0 Å². The monoisotopic (exact) mass is 207 g/mol. The summed E-state index contributed by atoms with van der Waals surface area (Å²) in [5, 5.41) is 0. The molecule has 0 saturated carbocycles. The fraction of sp³-hybridized carbons (Fsp3) is 0.0667. The molecule has 1 N–H and O–H groups in total. The second-order valence-corrected chi connectivity index (χ2v) is 3.52. The molecule has 0 aliphatic heterocycles. The number of aromatic nitrogens is 1. The van der Waals surface area contributed by atoms with E-state index in [1.54, 1.807) is 0 Å². The Morgan fingerprint density at radius 2 is 2.00 bits per heavy atom. The summed E-state index contributed by atoms with van der Waals surface area (Å²) in [5.41, 5.74) is 4.09. The Balaban J connectivity index is 2.49. The molecule has 0 amide bonds. The van der Waals surface area contributed by atoms with Gasteiger partial charge in [0.05, 0.1) is 5.69 Å². The van der Waals surface area contributed by atoms with Crippen molar-refractivity contribution in [1.82, 2.24) is 4.98 Å². The van der Waals surface area contributed by atoms with E-state index < -0.39 is 0 Å². The molecule has 2 rings (SSSR count). The van der Waals surface area contributed by atoms with Crippen molar-refractivity contribution in [1.29, 1.82) is 0 Å². The molecule has 1 aromatic carbocycles. The molecule has 1 heterocycles. The van der Waals surface area contributed by atoms with Gasteiger partial charge in [-0.1, -0.05) is 42.3 Å². The summed E-state index contributed by atoms with van der Waals surface area (Å²) in [4.78, 5) is 3.32. The van der Waals surface area contributed by atoms with Gasteiger partial charge in [0, 0.05) is 11.3 Å². The highest BCUT2D eigenvalue weighted by atomic mass is 14.7. The third-order valence-corrected chi connectivity index (χ3v) is 2.42. The molecule has 1 heteroatoms. The molecule has 0 spiro atoms. The Labute approximate surface area is 95.8 Å². The van der Waals surface area contributed by atoms with Gasteiger partial charge in [0.25, 0.3) is 0 Å². The van der Waals surface area contributed by atoms with Crippen molar-refractivity contribution in [3.05, 3.63) is 53.7 Å². The van der Waals surface area contributed by atoms with Crippen molar-refractivity contribution in [3.8, 4) is 23.6 Å². The Bertz CT molecular complexity index is 539. The van der Waals surface area contributed by atoms with E-state index in [1.165, 1.54) is 0 Å². The zero-order valence-electron chi connectivity index (χ0n) is 9.20. The van der Waals surface area contributed by atoms with Gasteiger partial charge >= 0.3 is 0 Å². The largest absolute Gasteiger partial charge is 0.354 e. The van der Waals surface area contributed by atoms with Crippen LogP contribution in [0.15, 0.2) is 42.5 Å². The lowest BCUT2D eigenvalue weighted by atomic mass is 10.1. The van der Waals surface area contributed by atoms with E-state index in [9.17, 15) is 0 Å². The van der Waals surface area contributed by atoms with E-state index >= 15 is 0 Å². The van der Waals surface area contributed by atoms with E-state index in [0.29, 0.717) is 0 Å². The SMILES string of the molecule is C#Cc1cc(-c2ccccc2)[nH]c1/C=C\C. The zero-order valence-corrected chi connectivity index (χ0v) is 9.20. The van der Waals surface area contributed by atoms with Gasteiger partial charge in [-0.2, -0.15) is 0 Å². The Kier molecular flexibility index (Phi) is 2.93. The predicted molar refractivity (Wildman–Crippen MR) is 68.9 cm³/mol. The average molecular weight is 207 g/mol. The van der Waals surface area contributed by atoms with Crippen LogP contribution in [-0.4, -0.2) is 4.98 Å². The molecule has 0 fully saturated rings. The molecule has 0 aliphatic rings. The summed E-state index contributed by atoms with van der Waals surface area (Å²) < 4.78 is 0. The van der Waals surface area contributed by atoms with Crippen molar-refractivity contribution in [3.63, 3.8) is 0 Å². The van der Waals surface area contributed by atoms with E-state index in [-0.39, 0.29) is 0 Å². The van der Waals surface area contributed by atoms with Crippen LogP contribution >= 0.6 is 0 Å². The molecule has 0 saturated heterocycles. The lowest BCUT2D eigenvalue weighted by molar-refractivity contribution is 1.36. The highest BCUT2D eigenvalue weighted by molar-refractivity contribution is 5.68. The molecular weight excluding hydrogens is 194 g/mol. The first-order valence-corrected chi connectivity index (χ1v) is 5.23. The lowest BCUT2D eigenvalue weighted by Crippen LogP contribution is -1.77. The van der Waals surface area contributed by atoms with Gasteiger partial charge < -0.3 is 4.98 Å². The van der Waals surface area contributed by atoms with Crippen LogP contribution in [-0.2, 0) is 0 Å². The fourth-order valence-corrected chi connectivity index (χ4v) is 1.66. The predicted octanol–water partition coefficient (Wildman–Crippen LogP) is 3.70. The minimum absolute atomic E-state index is 0.900. The molecule has 78 valence electrons. The third kappa shape index (κ3) is 1.92. The number of rotatable bonds is 2. The highest BCUT2D eigenvalue weighted by Gasteiger charge is 2.04. The number of terminal acetylenes is 1. The number of hydrogen-bond acceptors (Lipinski definition) is 0. The Morgan fingerprint density at radius 3 is 2.62 bits per heavy atom. The van der Waals surface area contributed by atoms with Crippen LogP contribution in [0.2, 0.25) is 0 Å². The first kappa shape index (κ1) is 10.3. The minimum atomic E-state index is 0.900. The van der Waals surface area contributed by atoms with Gasteiger partial charge in [0.1, 0.15) is 0 Å². The van der Waals surface area contributed by atoms with Crippen LogP contribution in [0.5, 0.6) is 0 Å². The quantitative estimate of drug-likeness (QED) is 0.723.